The molecule has 210 valence electrons. The molecular formula is C32H34F3N3O2. The molecule has 1 aromatic heterocycles. The molecule has 1 heterocycles. The number of unbranched alkanes of at least 4 members (excludes halogenated alkanes) is 3. The van der Waals surface area contributed by atoms with Crippen LogP contribution in [-0.4, -0.2) is 47.9 Å². The Hall–Kier alpha value is -4.07. The van der Waals surface area contributed by atoms with Crippen LogP contribution in [0.4, 0.5) is 13.2 Å². The van der Waals surface area contributed by atoms with Crippen LogP contribution in [0.15, 0.2) is 79.0 Å². The SMILES string of the molecule is CN(C)C(=O)CCCCCCOc1ccc(/C(=C(/CC(F)(F)F)c2ccccc2)c2ccc3[nH]ncc3c2)cc1. The normalized spacial score (nSPS) is 12.3. The number of allylic oxidation sites excluding steroid dienone is 1. The summed E-state index contributed by atoms with van der Waals surface area (Å²) in [5, 5.41) is 7.78. The zero-order valence-electron chi connectivity index (χ0n) is 22.8. The van der Waals surface area contributed by atoms with Crippen molar-refractivity contribution in [2.75, 3.05) is 20.7 Å². The number of nitrogens with one attached hydrogen (secondary N) is 1. The third kappa shape index (κ3) is 7.97. The van der Waals surface area contributed by atoms with Gasteiger partial charge in [-0.3, -0.25) is 9.89 Å². The number of aromatic nitrogens is 2. The second-order valence-corrected chi connectivity index (χ2v) is 10.0. The fourth-order valence-electron chi connectivity index (χ4n) is 4.65. The highest BCUT2D eigenvalue weighted by atomic mass is 19.4. The van der Waals surface area contributed by atoms with E-state index in [2.05, 4.69) is 10.2 Å². The van der Waals surface area contributed by atoms with Crippen molar-refractivity contribution in [2.24, 2.45) is 0 Å². The largest absolute Gasteiger partial charge is 0.494 e. The summed E-state index contributed by atoms with van der Waals surface area (Å²) >= 11 is 0. The first-order valence-electron chi connectivity index (χ1n) is 13.4. The summed E-state index contributed by atoms with van der Waals surface area (Å²) in [6.45, 7) is 0.532. The molecule has 0 aliphatic rings. The third-order valence-electron chi connectivity index (χ3n) is 6.73. The highest BCUT2D eigenvalue weighted by Crippen LogP contribution is 2.40. The van der Waals surface area contributed by atoms with E-state index >= 15 is 0 Å². The second kappa shape index (κ2) is 13.3. The first kappa shape index (κ1) is 28.9. The molecule has 0 aliphatic carbocycles. The Morgan fingerprint density at radius 1 is 0.875 bits per heavy atom. The number of carbonyl (C=O) groups is 1. The number of H-pyrrole nitrogens is 1. The molecule has 0 bridgehead atoms. The van der Waals surface area contributed by atoms with Gasteiger partial charge < -0.3 is 9.64 Å². The minimum Gasteiger partial charge on any atom is -0.494 e. The van der Waals surface area contributed by atoms with Gasteiger partial charge in [0.25, 0.3) is 0 Å². The van der Waals surface area contributed by atoms with E-state index in [1.54, 1.807) is 67.7 Å². The lowest BCUT2D eigenvalue weighted by Gasteiger charge is -2.19. The van der Waals surface area contributed by atoms with Crippen LogP contribution < -0.4 is 4.74 Å². The van der Waals surface area contributed by atoms with Gasteiger partial charge in [-0.15, -0.1) is 0 Å². The Balaban J connectivity index is 1.56. The van der Waals surface area contributed by atoms with Gasteiger partial charge in [0, 0.05) is 25.9 Å². The van der Waals surface area contributed by atoms with Crippen LogP contribution in [0.1, 0.15) is 55.2 Å². The number of amides is 1. The number of fused-ring (bicyclic) bond motifs is 1. The van der Waals surface area contributed by atoms with Crippen molar-refractivity contribution in [3.8, 4) is 5.75 Å². The Morgan fingerprint density at radius 3 is 2.27 bits per heavy atom. The molecule has 1 amide bonds. The number of hydrogen-bond donors (Lipinski definition) is 1. The number of benzene rings is 3. The van der Waals surface area contributed by atoms with E-state index in [4.69, 9.17) is 4.74 Å². The van der Waals surface area contributed by atoms with E-state index in [0.717, 1.165) is 36.6 Å². The zero-order chi connectivity index (χ0) is 28.5. The Morgan fingerprint density at radius 2 is 1.57 bits per heavy atom. The van der Waals surface area contributed by atoms with E-state index < -0.39 is 12.6 Å². The van der Waals surface area contributed by atoms with Crippen LogP contribution in [0.3, 0.4) is 0 Å². The summed E-state index contributed by atoms with van der Waals surface area (Å²) in [6.07, 6.45) is 0.397. The lowest BCUT2D eigenvalue weighted by molar-refractivity contribution is -0.128. The van der Waals surface area contributed by atoms with Crippen LogP contribution in [0.2, 0.25) is 0 Å². The van der Waals surface area contributed by atoms with Crippen LogP contribution in [-0.2, 0) is 4.79 Å². The molecule has 0 saturated carbocycles. The molecule has 0 aliphatic heterocycles. The zero-order valence-corrected chi connectivity index (χ0v) is 22.8. The lowest BCUT2D eigenvalue weighted by atomic mass is 9.87. The summed E-state index contributed by atoms with van der Waals surface area (Å²) in [5.41, 5.74) is 3.41. The molecule has 1 N–H and O–H groups in total. The van der Waals surface area contributed by atoms with Crippen molar-refractivity contribution in [1.82, 2.24) is 15.1 Å². The van der Waals surface area contributed by atoms with Gasteiger partial charge in [-0.25, -0.2) is 0 Å². The molecule has 8 heteroatoms. The maximum atomic E-state index is 13.9. The number of nitrogens with zero attached hydrogens (tertiary/aromatic N) is 2. The Labute approximate surface area is 232 Å². The average molecular weight is 550 g/mol. The number of hydrogen-bond acceptors (Lipinski definition) is 3. The second-order valence-electron chi connectivity index (χ2n) is 10.0. The monoisotopic (exact) mass is 549 g/mol. The Bertz CT molecular complexity index is 1430. The summed E-state index contributed by atoms with van der Waals surface area (Å²) in [6, 6.07) is 21.5. The van der Waals surface area contributed by atoms with E-state index in [9.17, 15) is 18.0 Å². The van der Waals surface area contributed by atoms with Crippen LogP contribution in [0.5, 0.6) is 5.75 Å². The summed E-state index contributed by atoms with van der Waals surface area (Å²) in [5.74, 6) is 0.799. The van der Waals surface area contributed by atoms with Crippen molar-refractivity contribution in [1.29, 1.82) is 0 Å². The van der Waals surface area contributed by atoms with Gasteiger partial charge in [-0.05, 0) is 64.9 Å². The van der Waals surface area contributed by atoms with Crippen molar-refractivity contribution in [3.63, 3.8) is 0 Å². The maximum absolute atomic E-state index is 13.9. The smallest absolute Gasteiger partial charge is 0.393 e. The molecule has 3 aromatic carbocycles. The highest BCUT2D eigenvalue weighted by Gasteiger charge is 2.31. The fraction of sp³-hybridized carbons (Fsp3) is 0.312. The van der Waals surface area contributed by atoms with Crippen molar-refractivity contribution in [3.05, 3.63) is 95.7 Å². The first-order chi connectivity index (χ1) is 19.2. The lowest BCUT2D eigenvalue weighted by Crippen LogP contribution is -2.20. The van der Waals surface area contributed by atoms with E-state index in [1.165, 1.54) is 0 Å². The molecular weight excluding hydrogens is 515 g/mol. The molecule has 5 nitrogen and oxygen atoms in total. The summed E-state index contributed by atoms with van der Waals surface area (Å²) < 4.78 is 47.6. The number of alkyl halides is 3. The van der Waals surface area contributed by atoms with Gasteiger partial charge in [0.15, 0.2) is 0 Å². The molecule has 4 rings (SSSR count). The number of ether oxygens (including phenoxy) is 1. The van der Waals surface area contributed by atoms with Crippen molar-refractivity contribution < 1.29 is 22.7 Å². The maximum Gasteiger partial charge on any atom is 0.393 e. The van der Waals surface area contributed by atoms with Gasteiger partial charge in [-0.1, -0.05) is 61.4 Å². The van der Waals surface area contributed by atoms with Gasteiger partial charge in [0.1, 0.15) is 5.75 Å². The van der Waals surface area contributed by atoms with Gasteiger partial charge in [-0.2, -0.15) is 18.3 Å². The van der Waals surface area contributed by atoms with Crippen molar-refractivity contribution in [2.45, 2.75) is 44.7 Å². The summed E-state index contributed by atoms with van der Waals surface area (Å²) in [4.78, 5) is 13.3. The number of rotatable bonds is 12. The standard InChI is InChI=1S/C32H34F3N3O2/c1-38(2)30(39)12-8-3-4-9-19-40-27-16-13-24(14-17-27)31(25-15-18-29-26(20-25)22-36-37-29)28(21-32(33,34)35)23-10-6-5-7-11-23/h5-7,10-11,13-18,20,22H,3-4,8-9,12,19,21H2,1-2H3,(H,36,37)/b31-28+. The summed E-state index contributed by atoms with van der Waals surface area (Å²) in [7, 11) is 3.52. The fourth-order valence-corrected chi connectivity index (χ4v) is 4.65. The third-order valence-corrected chi connectivity index (χ3v) is 6.73. The minimum absolute atomic E-state index is 0.139. The van der Waals surface area contributed by atoms with Crippen LogP contribution >= 0.6 is 0 Å². The van der Waals surface area contributed by atoms with Crippen LogP contribution in [0.25, 0.3) is 22.0 Å². The number of carbonyl (C=O) groups excluding carboxylic acids is 1. The topological polar surface area (TPSA) is 58.2 Å². The predicted octanol–water partition coefficient (Wildman–Crippen LogP) is 7.89. The molecule has 0 unspecified atom stereocenters. The van der Waals surface area contributed by atoms with Crippen LogP contribution in [0, 0.1) is 0 Å². The molecule has 0 fully saturated rings. The van der Waals surface area contributed by atoms with E-state index in [1.807, 2.05) is 30.3 Å². The molecule has 0 radical (unpaired) electrons. The quantitative estimate of drug-likeness (QED) is 0.144. The van der Waals surface area contributed by atoms with E-state index in [-0.39, 0.29) is 11.5 Å². The molecule has 0 saturated heterocycles. The van der Waals surface area contributed by atoms with Crippen molar-refractivity contribution >= 4 is 28.0 Å². The van der Waals surface area contributed by atoms with Gasteiger partial charge in [0.05, 0.1) is 24.7 Å². The average Bonchev–Trinajstić information content (AvgIpc) is 3.41. The first-order valence-corrected chi connectivity index (χ1v) is 13.4. The number of halogens is 3. The van der Waals surface area contributed by atoms with Gasteiger partial charge >= 0.3 is 6.18 Å². The molecule has 40 heavy (non-hydrogen) atoms. The Kier molecular flexibility index (Phi) is 9.64. The molecule has 0 spiro atoms. The molecule has 0 atom stereocenters. The number of aromatic amines is 1. The molecule has 4 aromatic rings. The minimum atomic E-state index is -4.39. The highest BCUT2D eigenvalue weighted by molar-refractivity contribution is 6.00. The van der Waals surface area contributed by atoms with E-state index in [0.29, 0.717) is 41.0 Å². The van der Waals surface area contributed by atoms with Gasteiger partial charge in [0.2, 0.25) is 5.91 Å². The predicted molar refractivity (Wildman–Crippen MR) is 153 cm³/mol.